The first kappa shape index (κ1) is 15.0. The molecule has 106 valence electrons. The van der Waals surface area contributed by atoms with E-state index in [0.29, 0.717) is 6.54 Å². The van der Waals surface area contributed by atoms with Gasteiger partial charge in [-0.05, 0) is 45.1 Å². The fourth-order valence-electron chi connectivity index (χ4n) is 1.85. The van der Waals surface area contributed by atoms with Crippen molar-refractivity contribution < 1.29 is 13.9 Å². The van der Waals surface area contributed by atoms with Crippen molar-refractivity contribution in [1.82, 2.24) is 4.90 Å². The Morgan fingerprint density at radius 1 is 1.50 bits per heavy atom. The number of carbonyl (C=O) groups excluding carboxylic acids is 1. The van der Waals surface area contributed by atoms with E-state index < -0.39 is 11.7 Å². The molecule has 2 aromatic rings. The Balaban J connectivity index is 2.22. The van der Waals surface area contributed by atoms with Gasteiger partial charge in [0.1, 0.15) is 17.1 Å². The van der Waals surface area contributed by atoms with Gasteiger partial charge in [-0.15, -0.1) is 11.3 Å². The van der Waals surface area contributed by atoms with Gasteiger partial charge in [0.2, 0.25) is 0 Å². The zero-order valence-electron chi connectivity index (χ0n) is 11.0. The van der Waals surface area contributed by atoms with E-state index in [1.54, 1.807) is 24.5 Å². The number of ether oxygens (including phenoxy) is 1. The average Bonchev–Trinajstić information content (AvgIpc) is 2.82. The van der Waals surface area contributed by atoms with Gasteiger partial charge < -0.3 is 9.64 Å². The third kappa shape index (κ3) is 3.19. The molecule has 0 saturated heterocycles. The van der Waals surface area contributed by atoms with Crippen LogP contribution in [0.25, 0.3) is 0 Å². The molecular formula is C14H13BrFNO2S. The molecule has 0 N–H and O–H groups in total. The largest absolute Gasteiger partial charge is 0.496 e. The van der Waals surface area contributed by atoms with Crippen LogP contribution in [0.5, 0.6) is 5.75 Å². The van der Waals surface area contributed by atoms with Crippen LogP contribution in [0.3, 0.4) is 0 Å². The molecule has 6 heteroatoms. The highest BCUT2D eigenvalue weighted by atomic mass is 79.9. The van der Waals surface area contributed by atoms with Crippen LogP contribution < -0.4 is 4.74 Å². The van der Waals surface area contributed by atoms with E-state index in [4.69, 9.17) is 4.74 Å². The van der Waals surface area contributed by atoms with Gasteiger partial charge in [-0.3, -0.25) is 4.79 Å². The summed E-state index contributed by atoms with van der Waals surface area (Å²) < 4.78 is 19.9. The van der Waals surface area contributed by atoms with Gasteiger partial charge in [0.15, 0.2) is 0 Å². The quantitative estimate of drug-likeness (QED) is 0.829. The standard InChI is InChI=1S/C14H13BrFNO2S/c1-17(7-9-6-12(15)20-8-9)14(18)13-10(16)4-3-5-11(13)19-2/h3-6,8H,7H2,1-2H3. The second kappa shape index (κ2) is 6.37. The predicted octanol–water partition coefficient (Wildman–Crippen LogP) is 3.93. The van der Waals surface area contributed by atoms with Crippen molar-refractivity contribution in [3.05, 3.63) is 50.4 Å². The van der Waals surface area contributed by atoms with Crippen LogP contribution >= 0.6 is 27.3 Å². The Bertz CT molecular complexity index is 629. The first-order valence-corrected chi connectivity index (χ1v) is 7.51. The van der Waals surface area contributed by atoms with E-state index in [-0.39, 0.29) is 11.3 Å². The molecule has 0 aliphatic heterocycles. The number of hydrogen-bond acceptors (Lipinski definition) is 3. The number of hydrogen-bond donors (Lipinski definition) is 0. The lowest BCUT2D eigenvalue weighted by atomic mass is 10.1. The molecule has 0 saturated carbocycles. The number of halogens is 2. The minimum Gasteiger partial charge on any atom is -0.496 e. The minimum absolute atomic E-state index is 0.0354. The van der Waals surface area contributed by atoms with Crippen LogP contribution in [0.4, 0.5) is 4.39 Å². The summed E-state index contributed by atoms with van der Waals surface area (Å²) >= 11 is 4.92. The number of methoxy groups -OCH3 is 1. The molecule has 0 bridgehead atoms. The molecule has 1 aromatic carbocycles. The van der Waals surface area contributed by atoms with Gasteiger partial charge in [0, 0.05) is 13.6 Å². The number of nitrogens with zero attached hydrogens (tertiary/aromatic N) is 1. The Hall–Kier alpha value is -1.40. The van der Waals surface area contributed by atoms with Crippen molar-refractivity contribution in [2.45, 2.75) is 6.54 Å². The van der Waals surface area contributed by atoms with E-state index in [1.807, 2.05) is 11.4 Å². The van der Waals surface area contributed by atoms with Crippen molar-refractivity contribution in [3.63, 3.8) is 0 Å². The van der Waals surface area contributed by atoms with Crippen molar-refractivity contribution in [3.8, 4) is 5.75 Å². The van der Waals surface area contributed by atoms with E-state index in [9.17, 15) is 9.18 Å². The molecular weight excluding hydrogens is 345 g/mol. The normalized spacial score (nSPS) is 10.4. The maximum absolute atomic E-state index is 13.9. The van der Waals surface area contributed by atoms with Crippen LogP contribution in [0, 0.1) is 5.82 Å². The Morgan fingerprint density at radius 2 is 2.25 bits per heavy atom. The summed E-state index contributed by atoms with van der Waals surface area (Å²) in [4.78, 5) is 13.8. The highest BCUT2D eigenvalue weighted by Gasteiger charge is 2.21. The summed E-state index contributed by atoms with van der Waals surface area (Å²) in [5, 5.41) is 1.95. The van der Waals surface area contributed by atoms with E-state index >= 15 is 0 Å². The van der Waals surface area contributed by atoms with Crippen LogP contribution in [0.1, 0.15) is 15.9 Å². The Kier molecular flexibility index (Phi) is 4.77. The molecule has 20 heavy (non-hydrogen) atoms. The first-order valence-electron chi connectivity index (χ1n) is 5.83. The molecule has 0 aliphatic rings. The number of benzene rings is 1. The lowest BCUT2D eigenvalue weighted by Crippen LogP contribution is -2.27. The number of thiophene rings is 1. The van der Waals surface area contributed by atoms with E-state index in [0.717, 1.165) is 9.35 Å². The SMILES string of the molecule is COc1cccc(F)c1C(=O)N(C)Cc1csc(Br)c1. The van der Waals surface area contributed by atoms with Gasteiger partial charge in [-0.2, -0.15) is 0 Å². The molecule has 0 unspecified atom stereocenters. The molecule has 0 radical (unpaired) electrons. The molecule has 0 atom stereocenters. The van der Waals surface area contributed by atoms with Gasteiger partial charge in [0.05, 0.1) is 10.9 Å². The smallest absolute Gasteiger partial charge is 0.260 e. The highest BCUT2D eigenvalue weighted by molar-refractivity contribution is 9.11. The topological polar surface area (TPSA) is 29.5 Å². The lowest BCUT2D eigenvalue weighted by Gasteiger charge is -2.18. The highest BCUT2D eigenvalue weighted by Crippen LogP contribution is 2.25. The van der Waals surface area contributed by atoms with Crippen LogP contribution in [-0.2, 0) is 6.54 Å². The van der Waals surface area contributed by atoms with Crippen molar-refractivity contribution in [2.75, 3.05) is 14.2 Å². The Labute approximate surface area is 129 Å². The van der Waals surface area contributed by atoms with Gasteiger partial charge in [0.25, 0.3) is 5.91 Å². The lowest BCUT2D eigenvalue weighted by molar-refractivity contribution is 0.0777. The molecule has 1 amide bonds. The van der Waals surface area contributed by atoms with E-state index in [2.05, 4.69) is 15.9 Å². The maximum Gasteiger partial charge on any atom is 0.260 e. The van der Waals surface area contributed by atoms with Crippen molar-refractivity contribution in [2.24, 2.45) is 0 Å². The monoisotopic (exact) mass is 357 g/mol. The molecule has 3 nitrogen and oxygen atoms in total. The van der Waals surface area contributed by atoms with Gasteiger partial charge >= 0.3 is 0 Å². The summed E-state index contributed by atoms with van der Waals surface area (Å²) in [6.45, 7) is 0.415. The number of amides is 1. The maximum atomic E-state index is 13.9. The summed E-state index contributed by atoms with van der Waals surface area (Å²) in [7, 11) is 3.06. The van der Waals surface area contributed by atoms with Gasteiger partial charge in [-0.25, -0.2) is 4.39 Å². The molecule has 0 fully saturated rings. The Morgan fingerprint density at radius 3 is 2.85 bits per heavy atom. The second-order valence-electron chi connectivity index (χ2n) is 4.24. The predicted molar refractivity (Wildman–Crippen MR) is 80.8 cm³/mol. The minimum atomic E-state index is -0.576. The number of carbonyl (C=O) groups is 1. The third-order valence-electron chi connectivity index (χ3n) is 2.80. The van der Waals surface area contributed by atoms with E-state index in [1.165, 1.54) is 24.1 Å². The van der Waals surface area contributed by atoms with Crippen LogP contribution in [-0.4, -0.2) is 25.0 Å². The first-order chi connectivity index (χ1) is 9.52. The fourth-order valence-corrected chi connectivity index (χ4v) is 3.05. The zero-order chi connectivity index (χ0) is 14.7. The molecule has 0 aliphatic carbocycles. The second-order valence-corrected chi connectivity index (χ2v) is 6.53. The summed E-state index contributed by atoms with van der Waals surface area (Å²) in [5.74, 6) is -0.733. The summed E-state index contributed by atoms with van der Waals surface area (Å²) in [6, 6.07) is 6.28. The summed E-state index contributed by atoms with van der Waals surface area (Å²) in [5.41, 5.74) is 0.958. The molecule has 2 rings (SSSR count). The average molecular weight is 358 g/mol. The molecule has 1 aromatic heterocycles. The zero-order valence-corrected chi connectivity index (χ0v) is 13.4. The van der Waals surface area contributed by atoms with Crippen molar-refractivity contribution in [1.29, 1.82) is 0 Å². The molecule has 1 heterocycles. The van der Waals surface area contributed by atoms with Crippen molar-refractivity contribution >= 4 is 33.2 Å². The third-order valence-corrected chi connectivity index (χ3v) is 4.35. The van der Waals surface area contributed by atoms with Crippen LogP contribution in [0.15, 0.2) is 33.4 Å². The summed E-state index contributed by atoms with van der Waals surface area (Å²) in [6.07, 6.45) is 0. The van der Waals surface area contributed by atoms with Crippen LogP contribution in [0.2, 0.25) is 0 Å². The van der Waals surface area contributed by atoms with Gasteiger partial charge in [-0.1, -0.05) is 6.07 Å². The molecule has 0 spiro atoms. The number of rotatable bonds is 4. The fraction of sp³-hybridized carbons (Fsp3) is 0.214.